The predicted molar refractivity (Wildman–Crippen MR) is 70.4 cm³/mol. The number of anilines is 1. The zero-order valence-electron chi connectivity index (χ0n) is 11.3. The maximum Gasteiger partial charge on any atom is 0.226 e. The van der Waals surface area contributed by atoms with Gasteiger partial charge in [-0.2, -0.15) is 4.98 Å². The van der Waals surface area contributed by atoms with Gasteiger partial charge < -0.3 is 10.1 Å². The van der Waals surface area contributed by atoms with E-state index in [0.29, 0.717) is 18.4 Å². The van der Waals surface area contributed by atoms with E-state index < -0.39 is 0 Å². The molecular weight excluding hydrogens is 214 g/mol. The molecule has 1 rings (SSSR count). The van der Waals surface area contributed by atoms with Crippen LogP contribution in [0.25, 0.3) is 0 Å². The number of nitrogens with one attached hydrogen (secondary N) is 1. The fourth-order valence-corrected chi connectivity index (χ4v) is 1.68. The standard InChI is InChI=1S/C13H23N3O/c1-5-8-13(3,4)16-12-14-9-7-11(15-12)17-10-6-2/h7,9H,5-6,8,10H2,1-4H3,(H,14,15,16). The lowest BCUT2D eigenvalue weighted by Gasteiger charge is -2.25. The SMILES string of the molecule is CCCOc1ccnc(NC(C)(C)CCC)n1. The Labute approximate surface area is 104 Å². The molecule has 17 heavy (non-hydrogen) atoms. The average Bonchev–Trinajstić information content (AvgIpc) is 2.26. The van der Waals surface area contributed by atoms with Gasteiger partial charge in [0.15, 0.2) is 0 Å². The highest BCUT2D eigenvalue weighted by molar-refractivity contribution is 5.30. The number of aromatic nitrogens is 2. The molecule has 1 N–H and O–H groups in total. The van der Waals surface area contributed by atoms with Crippen LogP contribution in [-0.4, -0.2) is 22.1 Å². The Hall–Kier alpha value is -1.32. The fourth-order valence-electron chi connectivity index (χ4n) is 1.68. The van der Waals surface area contributed by atoms with Crippen LogP contribution < -0.4 is 10.1 Å². The third-order valence-electron chi connectivity index (χ3n) is 2.41. The molecule has 96 valence electrons. The van der Waals surface area contributed by atoms with Gasteiger partial charge in [0.05, 0.1) is 6.61 Å². The summed E-state index contributed by atoms with van der Waals surface area (Å²) in [5, 5.41) is 3.33. The van der Waals surface area contributed by atoms with Crippen LogP contribution >= 0.6 is 0 Å². The fraction of sp³-hybridized carbons (Fsp3) is 0.692. The van der Waals surface area contributed by atoms with Crippen molar-refractivity contribution in [3.05, 3.63) is 12.3 Å². The third-order valence-corrected chi connectivity index (χ3v) is 2.41. The van der Waals surface area contributed by atoms with Crippen molar-refractivity contribution in [2.24, 2.45) is 0 Å². The van der Waals surface area contributed by atoms with Gasteiger partial charge in [0.1, 0.15) is 0 Å². The first-order valence-corrected chi connectivity index (χ1v) is 6.31. The second kappa shape index (κ2) is 6.42. The molecule has 0 aromatic carbocycles. The van der Waals surface area contributed by atoms with E-state index in [2.05, 4.69) is 43.0 Å². The van der Waals surface area contributed by atoms with Gasteiger partial charge >= 0.3 is 0 Å². The Balaban J connectivity index is 2.64. The van der Waals surface area contributed by atoms with E-state index in [4.69, 9.17) is 4.74 Å². The van der Waals surface area contributed by atoms with Crippen molar-refractivity contribution in [1.82, 2.24) is 9.97 Å². The van der Waals surface area contributed by atoms with Crippen LogP contribution in [0.15, 0.2) is 12.3 Å². The molecule has 0 saturated carbocycles. The molecule has 1 aromatic heterocycles. The third kappa shape index (κ3) is 5.02. The molecule has 4 heteroatoms. The Morgan fingerprint density at radius 3 is 2.71 bits per heavy atom. The Kier molecular flexibility index (Phi) is 5.19. The molecule has 0 amide bonds. The summed E-state index contributed by atoms with van der Waals surface area (Å²) in [5.41, 5.74) is 0.0120. The van der Waals surface area contributed by atoms with E-state index >= 15 is 0 Å². The first-order valence-electron chi connectivity index (χ1n) is 6.31. The Morgan fingerprint density at radius 2 is 2.06 bits per heavy atom. The molecule has 0 saturated heterocycles. The number of hydrogen-bond acceptors (Lipinski definition) is 4. The van der Waals surface area contributed by atoms with Gasteiger partial charge in [0, 0.05) is 17.8 Å². The van der Waals surface area contributed by atoms with Gasteiger partial charge in [0.2, 0.25) is 11.8 Å². The molecular formula is C13H23N3O. The minimum Gasteiger partial charge on any atom is -0.478 e. The van der Waals surface area contributed by atoms with Crippen LogP contribution in [-0.2, 0) is 0 Å². The van der Waals surface area contributed by atoms with Crippen molar-refractivity contribution in [3.8, 4) is 5.88 Å². The topological polar surface area (TPSA) is 47.0 Å². The summed E-state index contributed by atoms with van der Waals surface area (Å²) >= 11 is 0. The first-order chi connectivity index (χ1) is 8.07. The highest BCUT2D eigenvalue weighted by Gasteiger charge is 2.17. The number of hydrogen-bond donors (Lipinski definition) is 1. The highest BCUT2D eigenvalue weighted by atomic mass is 16.5. The quantitative estimate of drug-likeness (QED) is 0.790. The number of nitrogens with zero attached hydrogens (tertiary/aromatic N) is 2. The molecule has 0 spiro atoms. The minimum absolute atomic E-state index is 0.0120. The van der Waals surface area contributed by atoms with Crippen molar-refractivity contribution >= 4 is 5.95 Å². The molecule has 0 aliphatic heterocycles. The van der Waals surface area contributed by atoms with E-state index in [0.717, 1.165) is 19.3 Å². The highest BCUT2D eigenvalue weighted by Crippen LogP contribution is 2.18. The second-order valence-corrected chi connectivity index (χ2v) is 4.83. The summed E-state index contributed by atoms with van der Waals surface area (Å²) in [7, 11) is 0. The van der Waals surface area contributed by atoms with Gasteiger partial charge in [-0.05, 0) is 26.7 Å². The summed E-state index contributed by atoms with van der Waals surface area (Å²) in [6.45, 7) is 9.24. The van der Waals surface area contributed by atoms with Crippen LogP contribution in [0.1, 0.15) is 47.0 Å². The molecule has 0 bridgehead atoms. The van der Waals surface area contributed by atoms with E-state index in [1.54, 1.807) is 12.3 Å². The monoisotopic (exact) mass is 237 g/mol. The van der Waals surface area contributed by atoms with Gasteiger partial charge in [-0.25, -0.2) is 4.98 Å². The maximum absolute atomic E-state index is 5.48. The lowest BCUT2D eigenvalue weighted by atomic mass is 9.99. The summed E-state index contributed by atoms with van der Waals surface area (Å²) in [5.74, 6) is 1.27. The summed E-state index contributed by atoms with van der Waals surface area (Å²) in [6.07, 6.45) is 4.92. The zero-order valence-corrected chi connectivity index (χ0v) is 11.3. The first kappa shape index (κ1) is 13.7. The van der Waals surface area contributed by atoms with Crippen molar-refractivity contribution < 1.29 is 4.74 Å². The predicted octanol–water partition coefficient (Wildman–Crippen LogP) is 3.26. The van der Waals surface area contributed by atoms with Gasteiger partial charge in [0.25, 0.3) is 0 Å². The summed E-state index contributed by atoms with van der Waals surface area (Å²) < 4.78 is 5.48. The minimum atomic E-state index is 0.0120. The molecule has 0 aliphatic rings. The van der Waals surface area contributed by atoms with Gasteiger partial charge in [-0.3, -0.25) is 0 Å². The second-order valence-electron chi connectivity index (χ2n) is 4.83. The van der Waals surface area contributed by atoms with Crippen molar-refractivity contribution in [2.45, 2.75) is 52.5 Å². The van der Waals surface area contributed by atoms with E-state index in [9.17, 15) is 0 Å². The van der Waals surface area contributed by atoms with Gasteiger partial charge in [-0.1, -0.05) is 20.3 Å². The molecule has 0 radical (unpaired) electrons. The number of rotatable bonds is 7. The van der Waals surface area contributed by atoms with Gasteiger partial charge in [-0.15, -0.1) is 0 Å². The van der Waals surface area contributed by atoms with Crippen molar-refractivity contribution in [3.63, 3.8) is 0 Å². The largest absolute Gasteiger partial charge is 0.478 e. The zero-order chi connectivity index (χ0) is 12.7. The normalized spacial score (nSPS) is 11.3. The lowest BCUT2D eigenvalue weighted by molar-refractivity contribution is 0.305. The Bertz CT molecular complexity index is 339. The maximum atomic E-state index is 5.48. The molecule has 0 unspecified atom stereocenters. The van der Waals surface area contributed by atoms with Crippen LogP contribution in [0.2, 0.25) is 0 Å². The molecule has 0 atom stereocenters. The molecule has 4 nitrogen and oxygen atoms in total. The van der Waals surface area contributed by atoms with E-state index in [1.165, 1.54) is 0 Å². The Morgan fingerprint density at radius 1 is 1.29 bits per heavy atom. The smallest absolute Gasteiger partial charge is 0.226 e. The van der Waals surface area contributed by atoms with Crippen LogP contribution in [0, 0.1) is 0 Å². The molecule has 1 aromatic rings. The van der Waals surface area contributed by atoms with E-state index in [1.807, 2.05) is 0 Å². The van der Waals surface area contributed by atoms with Crippen molar-refractivity contribution in [2.75, 3.05) is 11.9 Å². The van der Waals surface area contributed by atoms with Crippen LogP contribution in [0.5, 0.6) is 5.88 Å². The summed E-state index contributed by atoms with van der Waals surface area (Å²) in [6, 6.07) is 1.79. The van der Waals surface area contributed by atoms with Crippen LogP contribution in [0.4, 0.5) is 5.95 Å². The molecule has 0 aliphatic carbocycles. The van der Waals surface area contributed by atoms with Crippen molar-refractivity contribution in [1.29, 1.82) is 0 Å². The number of ether oxygens (including phenoxy) is 1. The molecule has 1 heterocycles. The van der Waals surface area contributed by atoms with Crippen LogP contribution in [0.3, 0.4) is 0 Å². The lowest BCUT2D eigenvalue weighted by Crippen LogP contribution is -2.31. The molecule has 0 fully saturated rings. The average molecular weight is 237 g/mol. The van der Waals surface area contributed by atoms with E-state index in [-0.39, 0.29) is 5.54 Å². The summed E-state index contributed by atoms with van der Waals surface area (Å²) in [4.78, 5) is 8.55.